The number of amides is 1. The number of carboxylic acids is 1. The summed E-state index contributed by atoms with van der Waals surface area (Å²) in [5, 5.41) is 11.4. The molecule has 0 saturated heterocycles. The van der Waals surface area contributed by atoms with Crippen LogP contribution in [0.3, 0.4) is 0 Å². The lowest BCUT2D eigenvalue weighted by Gasteiger charge is -2.05. The van der Waals surface area contributed by atoms with Crippen molar-refractivity contribution in [3.05, 3.63) is 34.9 Å². The molecule has 1 rings (SSSR count). The lowest BCUT2D eigenvalue weighted by molar-refractivity contribution is -0.131. The second-order valence-electron chi connectivity index (χ2n) is 3.09. The van der Waals surface area contributed by atoms with Crippen molar-refractivity contribution in [1.82, 2.24) is 0 Å². The number of nitrogens with one attached hydrogen (secondary N) is 1. The van der Waals surface area contributed by atoms with Crippen molar-refractivity contribution in [2.45, 2.75) is 6.92 Å². The van der Waals surface area contributed by atoms with E-state index in [1.54, 1.807) is 18.2 Å². The number of hydrogen-bond acceptors (Lipinski definition) is 2. The zero-order valence-corrected chi connectivity index (χ0v) is 9.28. The zero-order chi connectivity index (χ0) is 12.1. The molecule has 2 N–H and O–H groups in total. The number of halogens is 1. The summed E-state index contributed by atoms with van der Waals surface area (Å²) >= 11 is 5.89. The Morgan fingerprint density at radius 1 is 1.44 bits per heavy atom. The van der Waals surface area contributed by atoms with E-state index in [2.05, 4.69) is 5.32 Å². The smallest absolute Gasteiger partial charge is 0.328 e. The normalized spacial score (nSPS) is 10.4. The second kappa shape index (κ2) is 5.32. The van der Waals surface area contributed by atoms with Crippen molar-refractivity contribution in [1.29, 1.82) is 0 Å². The van der Waals surface area contributed by atoms with Crippen molar-refractivity contribution in [2.24, 2.45) is 0 Å². The van der Waals surface area contributed by atoms with Gasteiger partial charge in [0.05, 0.1) is 10.7 Å². The van der Waals surface area contributed by atoms with Crippen LogP contribution in [0.1, 0.15) is 12.5 Å². The summed E-state index contributed by atoms with van der Waals surface area (Å²) in [4.78, 5) is 21.1. The molecule has 84 valence electrons. The molecule has 4 nitrogen and oxygen atoms in total. The van der Waals surface area contributed by atoms with Crippen LogP contribution >= 0.6 is 11.6 Å². The molecule has 0 heterocycles. The van der Waals surface area contributed by atoms with Gasteiger partial charge in [0.25, 0.3) is 0 Å². The molecule has 0 radical (unpaired) electrons. The Bertz CT molecular complexity index is 455. The largest absolute Gasteiger partial charge is 0.478 e. The van der Waals surface area contributed by atoms with E-state index in [0.717, 1.165) is 6.08 Å². The molecule has 1 amide bonds. The number of carboxylic acid groups (broad SMARTS) is 1. The van der Waals surface area contributed by atoms with Gasteiger partial charge in [-0.05, 0) is 23.8 Å². The molecular formula is C11H10ClNO3. The van der Waals surface area contributed by atoms with E-state index >= 15 is 0 Å². The molecule has 0 aromatic heterocycles. The second-order valence-corrected chi connectivity index (χ2v) is 3.50. The molecule has 16 heavy (non-hydrogen) atoms. The van der Waals surface area contributed by atoms with E-state index in [9.17, 15) is 9.59 Å². The molecule has 0 bridgehead atoms. The third-order valence-electron chi connectivity index (χ3n) is 1.72. The van der Waals surface area contributed by atoms with Crippen LogP contribution in [0.4, 0.5) is 5.69 Å². The average molecular weight is 240 g/mol. The summed E-state index contributed by atoms with van der Waals surface area (Å²) in [6.07, 6.45) is 2.44. The van der Waals surface area contributed by atoms with E-state index in [4.69, 9.17) is 16.7 Å². The minimum Gasteiger partial charge on any atom is -0.478 e. The van der Waals surface area contributed by atoms with Crippen LogP contribution in [0.2, 0.25) is 5.02 Å². The van der Waals surface area contributed by atoms with Crippen molar-refractivity contribution in [3.8, 4) is 0 Å². The van der Waals surface area contributed by atoms with E-state index in [1.165, 1.54) is 13.0 Å². The van der Waals surface area contributed by atoms with Crippen LogP contribution in [0.15, 0.2) is 24.3 Å². The Labute approximate surface area is 97.5 Å². The number of anilines is 1. The molecule has 0 unspecified atom stereocenters. The van der Waals surface area contributed by atoms with E-state index < -0.39 is 5.97 Å². The molecule has 5 heteroatoms. The number of rotatable bonds is 3. The molecule has 1 aromatic carbocycles. The van der Waals surface area contributed by atoms with Crippen molar-refractivity contribution >= 4 is 35.2 Å². The molecule has 0 aliphatic carbocycles. The number of aliphatic carboxylic acids is 1. The number of carbonyl (C=O) groups is 2. The Morgan fingerprint density at radius 3 is 2.62 bits per heavy atom. The standard InChI is InChI=1S/C11H10ClNO3/c1-7(14)13-10-4-2-8(6-9(10)12)3-5-11(15)16/h2-6H,1H3,(H,13,14)(H,15,16). The summed E-state index contributed by atoms with van der Waals surface area (Å²) in [6, 6.07) is 4.86. The Morgan fingerprint density at radius 2 is 2.12 bits per heavy atom. The maximum atomic E-state index is 10.8. The molecule has 0 atom stereocenters. The molecule has 0 saturated carbocycles. The van der Waals surface area contributed by atoms with Crippen LogP contribution in [0.5, 0.6) is 0 Å². The topological polar surface area (TPSA) is 66.4 Å². The van der Waals surface area contributed by atoms with Crippen LogP contribution in [-0.2, 0) is 9.59 Å². The number of hydrogen-bond donors (Lipinski definition) is 2. The summed E-state index contributed by atoms with van der Waals surface area (Å²) in [6.45, 7) is 1.38. The lowest BCUT2D eigenvalue weighted by Crippen LogP contribution is -2.06. The fourth-order valence-corrected chi connectivity index (χ4v) is 1.33. The van der Waals surface area contributed by atoms with E-state index in [-0.39, 0.29) is 5.91 Å². The first-order chi connectivity index (χ1) is 7.49. The minimum atomic E-state index is -1.03. The van der Waals surface area contributed by atoms with Gasteiger partial charge in [-0.3, -0.25) is 4.79 Å². The van der Waals surface area contributed by atoms with E-state index in [1.807, 2.05) is 0 Å². The lowest BCUT2D eigenvalue weighted by atomic mass is 10.2. The van der Waals surface area contributed by atoms with Crippen molar-refractivity contribution < 1.29 is 14.7 Å². The van der Waals surface area contributed by atoms with Crippen molar-refractivity contribution in [2.75, 3.05) is 5.32 Å². The maximum Gasteiger partial charge on any atom is 0.328 e. The summed E-state index contributed by atoms with van der Waals surface area (Å²) in [7, 11) is 0. The maximum absolute atomic E-state index is 10.8. The highest BCUT2D eigenvalue weighted by molar-refractivity contribution is 6.33. The Hall–Kier alpha value is -1.81. The number of carbonyl (C=O) groups excluding carboxylic acids is 1. The highest BCUT2D eigenvalue weighted by Crippen LogP contribution is 2.23. The fourth-order valence-electron chi connectivity index (χ4n) is 1.09. The molecule has 0 fully saturated rings. The quantitative estimate of drug-likeness (QED) is 0.796. The molecule has 1 aromatic rings. The van der Waals surface area contributed by atoms with Gasteiger partial charge in [0.1, 0.15) is 0 Å². The Balaban J connectivity index is 2.90. The predicted octanol–water partition coefficient (Wildman–Crippen LogP) is 2.40. The van der Waals surface area contributed by atoms with Gasteiger partial charge in [0, 0.05) is 13.0 Å². The van der Waals surface area contributed by atoms with Gasteiger partial charge in [0.15, 0.2) is 0 Å². The van der Waals surface area contributed by atoms with Crippen LogP contribution in [-0.4, -0.2) is 17.0 Å². The third kappa shape index (κ3) is 3.74. The monoisotopic (exact) mass is 239 g/mol. The van der Waals surface area contributed by atoms with Gasteiger partial charge in [-0.1, -0.05) is 17.7 Å². The van der Waals surface area contributed by atoms with Gasteiger partial charge in [0.2, 0.25) is 5.91 Å². The fraction of sp³-hybridized carbons (Fsp3) is 0.0909. The van der Waals surface area contributed by atoms with Crippen LogP contribution in [0.25, 0.3) is 6.08 Å². The number of benzene rings is 1. The molecule has 0 aliphatic rings. The minimum absolute atomic E-state index is 0.212. The van der Waals surface area contributed by atoms with Gasteiger partial charge in [-0.25, -0.2) is 4.79 Å². The Kier molecular flexibility index (Phi) is 4.08. The molecule has 0 aliphatic heterocycles. The van der Waals surface area contributed by atoms with Crippen LogP contribution < -0.4 is 5.32 Å². The van der Waals surface area contributed by atoms with Crippen molar-refractivity contribution in [3.63, 3.8) is 0 Å². The van der Waals surface area contributed by atoms with Gasteiger partial charge < -0.3 is 10.4 Å². The predicted molar refractivity (Wildman–Crippen MR) is 62.4 cm³/mol. The summed E-state index contributed by atoms with van der Waals surface area (Å²) < 4.78 is 0. The van der Waals surface area contributed by atoms with E-state index in [0.29, 0.717) is 16.3 Å². The third-order valence-corrected chi connectivity index (χ3v) is 2.03. The van der Waals surface area contributed by atoms with Gasteiger partial charge >= 0.3 is 5.97 Å². The van der Waals surface area contributed by atoms with Gasteiger partial charge in [-0.15, -0.1) is 0 Å². The zero-order valence-electron chi connectivity index (χ0n) is 8.53. The summed E-state index contributed by atoms with van der Waals surface area (Å²) in [5.41, 5.74) is 1.16. The first-order valence-electron chi connectivity index (χ1n) is 4.47. The molecular weight excluding hydrogens is 230 g/mol. The first kappa shape index (κ1) is 12.3. The molecule has 0 spiro atoms. The first-order valence-corrected chi connectivity index (χ1v) is 4.85. The SMILES string of the molecule is CC(=O)Nc1ccc(C=CC(=O)O)cc1Cl. The van der Waals surface area contributed by atoms with Gasteiger partial charge in [-0.2, -0.15) is 0 Å². The highest BCUT2D eigenvalue weighted by atomic mass is 35.5. The highest BCUT2D eigenvalue weighted by Gasteiger charge is 2.02. The van der Waals surface area contributed by atoms with Crippen LogP contribution in [0, 0.1) is 0 Å². The average Bonchev–Trinajstić information content (AvgIpc) is 2.18. The summed E-state index contributed by atoms with van der Waals surface area (Å²) in [5.74, 6) is -1.24.